The van der Waals surface area contributed by atoms with Gasteiger partial charge in [0.15, 0.2) is 5.69 Å². The van der Waals surface area contributed by atoms with Crippen molar-refractivity contribution in [2.75, 3.05) is 13.2 Å². The first-order valence-corrected chi connectivity index (χ1v) is 9.93. The first-order valence-electron chi connectivity index (χ1n) is 9.05. The van der Waals surface area contributed by atoms with E-state index in [1.807, 2.05) is 4.90 Å². The van der Waals surface area contributed by atoms with Crippen LogP contribution in [0.3, 0.4) is 0 Å². The molecule has 1 aromatic rings. The van der Waals surface area contributed by atoms with Crippen molar-refractivity contribution in [2.24, 2.45) is 11.3 Å². The van der Waals surface area contributed by atoms with Gasteiger partial charge in [0.25, 0.3) is 0 Å². The predicted molar refractivity (Wildman–Crippen MR) is 102 cm³/mol. The van der Waals surface area contributed by atoms with Gasteiger partial charge < -0.3 is 9.64 Å². The lowest BCUT2D eigenvalue weighted by molar-refractivity contribution is -0.133. The summed E-state index contributed by atoms with van der Waals surface area (Å²) in [5.41, 5.74) is 0.547. The fourth-order valence-corrected chi connectivity index (χ4v) is 3.73. The average Bonchev–Trinajstić information content (AvgIpc) is 2.93. The van der Waals surface area contributed by atoms with Crippen molar-refractivity contribution < 1.29 is 14.3 Å². The van der Waals surface area contributed by atoms with Gasteiger partial charge in [-0.3, -0.25) is 4.79 Å². The van der Waals surface area contributed by atoms with Crippen LogP contribution in [0.1, 0.15) is 76.3 Å². The molecule has 0 aliphatic heterocycles. The second kappa shape index (κ2) is 9.90. The van der Waals surface area contributed by atoms with Crippen molar-refractivity contribution in [3.63, 3.8) is 0 Å². The van der Waals surface area contributed by atoms with E-state index in [1.54, 1.807) is 12.3 Å². The third kappa shape index (κ3) is 7.99. The summed E-state index contributed by atoms with van der Waals surface area (Å²) in [6.07, 6.45) is 2.46. The smallest absolute Gasteiger partial charge is 0.357 e. The summed E-state index contributed by atoms with van der Waals surface area (Å²) in [6, 6.07) is 0. The van der Waals surface area contributed by atoms with Crippen LogP contribution in [0.5, 0.6) is 0 Å². The minimum atomic E-state index is -0.405. The molecule has 0 aromatic carbocycles. The van der Waals surface area contributed by atoms with Gasteiger partial charge in [0.2, 0.25) is 5.91 Å². The van der Waals surface area contributed by atoms with Gasteiger partial charge in [-0.25, -0.2) is 9.78 Å². The van der Waals surface area contributed by atoms with Crippen LogP contribution < -0.4 is 0 Å². The van der Waals surface area contributed by atoms with Gasteiger partial charge in [0.1, 0.15) is 5.01 Å². The van der Waals surface area contributed by atoms with Crippen molar-refractivity contribution in [3.05, 3.63) is 16.1 Å². The Labute approximate surface area is 155 Å². The molecule has 1 heterocycles. The van der Waals surface area contributed by atoms with Gasteiger partial charge in [-0.1, -0.05) is 34.6 Å². The van der Waals surface area contributed by atoms with Crippen LogP contribution >= 0.6 is 11.3 Å². The zero-order valence-corrected chi connectivity index (χ0v) is 17.2. The number of hydrogen-bond acceptors (Lipinski definition) is 5. The number of esters is 1. The standard InChI is InChI=1S/C19H32N2O3S/c1-7-9-21(17(22)10-14(3)11-19(4,5)6)12-16-20-15(13-25-16)18(23)24-8-2/h13-14H,7-12H2,1-6H3. The molecule has 1 aromatic heterocycles. The number of carbonyl (C=O) groups excluding carboxylic acids is 2. The molecule has 0 saturated carbocycles. The molecule has 0 aliphatic carbocycles. The van der Waals surface area contributed by atoms with Gasteiger partial charge in [-0.2, -0.15) is 0 Å². The summed E-state index contributed by atoms with van der Waals surface area (Å²) in [7, 11) is 0. The Morgan fingerprint density at radius 1 is 1.32 bits per heavy atom. The highest BCUT2D eigenvalue weighted by Crippen LogP contribution is 2.26. The summed E-state index contributed by atoms with van der Waals surface area (Å²) >= 11 is 1.40. The summed E-state index contributed by atoms with van der Waals surface area (Å²) in [5.74, 6) is 0.0990. The summed E-state index contributed by atoms with van der Waals surface area (Å²) in [6.45, 7) is 14.1. The largest absolute Gasteiger partial charge is 0.461 e. The third-order valence-corrected chi connectivity index (χ3v) is 4.53. The summed E-state index contributed by atoms with van der Waals surface area (Å²) < 4.78 is 4.96. The normalized spacial score (nSPS) is 12.7. The van der Waals surface area contributed by atoms with Crippen LogP contribution in [0.4, 0.5) is 0 Å². The molecule has 0 bridgehead atoms. The molecule has 6 heteroatoms. The average molecular weight is 369 g/mol. The van der Waals surface area contributed by atoms with E-state index in [0.29, 0.717) is 37.7 Å². The summed E-state index contributed by atoms with van der Waals surface area (Å²) in [4.78, 5) is 30.6. The minimum Gasteiger partial charge on any atom is -0.461 e. The van der Waals surface area contributed by atoms with E-state index in [4.69, 9.17) is 4.74 Å². The molecule has 1 rings (SSSR count). The number of ether oxygens (including phenoxy) is 1. The predicted octanol–water partition coefficient (Wildman–Crippen LogP) is 4.52. The molecule has 5 nitrogen and oxygen atoms in total. The van der Waals surface area contributed by atoms with Crippen LogP contribution in [0.25, 0.3) is 0 Å². The Balaban J connectivity index is 2.70. The molecule has 0 radical (unpaired) electrons. The Hall–Kier alpha value is -1.43. The number of rotatable bonds is 9. The van der Waals surface area contributed by atoms with Crippen molar-refractivity contribution in [2.45, 2.75) is 67.3 Å². The molecule has 142 valence electrons. The van der Waals surface area contributed by atoms with Gasteiger partial charge >= 0.3 is 5.97 Å². The molecule has 1 unspecified atom stereocenters. The SMILES string of the molecule is CCCN(Cc1nc(C(=O)OCC)cs1)C(=O)CC(C)CC(C)(C)C. The van der Waals surface area contributed by atoms with Crippen LogP contribution in [0.2, 0.25) is 0 Å². The molecule has 25 heavy (non-hydrogen) atoms. The minimum absolute atomic E-state index is 0.159. The molecule has 1 atom stereocenters. The van der Waals surface area contributed by atoms with Gasteiger partial charge in [0.05, 0.1) is 13.2 Å². The number of carbonyl (C=O) groups is 2. The molecular formula is C19H32N2O3S. The number of amides is 1. The Bertz CT molecular complexity index is 563. The monoisotopic (exact) mass is 368 g/mol. The third-order valence-electron chi connectivity index (χ3n) is 3.69. The number of hydrogen-bond donors (Lipinski definition) is 0. The van der Waals surface area contributed by atoms with Crippen molar-refractivity contribution >= 4 is 23.2 Å². The van der Waals surface area contributed by atoms with Crippen LogP contribution in [0, 0.1) is 11.3 Å². The second-order valence-corrected chi connectivity index (χ2v) is 8.68. The first kappa shape index (κ1) is 21.6. The number of thiazole rings is 1. The number of aromatic nitrogens is 1. The Morgan fingerprint density at radius 2 is 2.00 bits per heavy atom. The highest BCUT2D eigenvalue weighted by molar-refractivity contribution is 7.09. The van der Waals surface area contributed by atoms with Gasteiger partial charge in [0, 0.05) is 18.3 Å². The zero-order valence-electron chi connectivity index (χ0n) is 16.4. The van der Waals surface area contributed by atoms with E-state index in [0.717, 1.165) is 17.8 Å². The van der Waals surface area contributed by atoms with Crippen molar-refractivity contribution in [1.29, 1.82) is 0 Å². The van der Waals surface area contributed by atoms with E-state index in [-0.39, 0.29) is 11.3 Å². The second-order valence-electron chi connectivity index (χ2n) is 7.74. The quantitative estimate of drug-likeness (QED) is 0.601. The van der Waals surface area contributed by atoms with Crippen molar-refractivity contribution in [1.82, 2.24) is 9.88 Å². The summed E-state index contributed by atoms with van der Waals surface area (Å²) in [5, 5.41) is 2.47. The lowest BCUT2D eigenvalue weighted by Crippen LogP contribution is -2.32. The van der Waals surface area contributed by atoms with E-state index < -0.39 is 5.97 Å². The maximum absolute atomic E-state index is 12.7. The maximum Gasteiger partial charge on any atom is 0.357 e. The number of nitrogens with zero attached hydrogens (tertiary/aromatic N) is 2. The molecule has 0 aliphatic rings. The van der Waals surface area contributed by atoms with E-state index in [9.17, 15) is 9.59 Å². The Morgan fingerprint density at radius 3 is 2.56 bits per heavy atom. The van der Waals surface area contributed by atoms with Crippen LogP contribution in [-0.4, -0.2) is 34.9 Å². The van der Waals surface area contributed by atoms with Gasteiger partial charge in [-0.15, -0.1) is 11.3 Å². The van der Waals surface area contributed by atoms with E-state index in [1.165, 1.54) is 11.3 Å². The lowest BCUT2D eigenvalue weighted by Gasteiger charge is -2.26. The van der Waals surface area contributed by atoms with E-state index >= 15 is 0 Å². The first-order chi connectivity index (χ1) is 11.7. The molecule has 0 saturated heterocycles. The molecule has 0 spiro atoms. The zero-order chi connectivity index (χ0) is 19.0. The molecular weight excluding hydrogens is 336 g/mol. The van der Waals surface area contributed by atoms with Crippen LogP contribution in [0.15, 0.2) is 5.38 Å². The fraction of sp³-hybridized carbons (Fsp3) is 0.737. The maximum atomic E-state index is 12.7. The molecule has 0 fully saturated rings. The van der Waals surface area contributed by atoms with Gasteiger partial charge in [-0.05, 0) is 31.1 Å². The topological polar surface area (TPSA) is 59.5 Å². The van der Waals surface area contributed by atoms with Crippen molar-refractivity contribution in [3.8, 4) is 0 Å². The lowest BCUT2D eigenvalue weighted by atomic mass is 9.84. The molecule has 0 N–H and O–H groups in total. The Kier molecular flexibility index (Phi) is 8.56. The highest BCUT2D eigenvalue weighted by Gasteiger charge is 2.22. The van der Waals surface area contributed by atoms with E-state index in [2.05, 4.69) is 39.6 Å². The fourth-order valence-electron chi connectivity index (χ4n) is 2.95. The highest BCUT2D eigenvalue weighted by atomic mass is 32.1. The molecule has 1 amide bonds. The van der Waals surface area contributed by atoms with Crippen LogP contribution in [-0.2, 0) is 16.1 Å².